The summed E-state index contributed by atoms with van der Waals surface area (Å²) in [4.78, 5) is 2.50. The fraction of sp³-hybridized carbons (Fsp3) is 0.625. The van der Waals surface area contributed by atoms with E-state index in [9.17, 15) is 5.11 Å². The van der Waals surface area contributed by atoms with E-state index in [2.05, 4.69) is 17.1 Å². The minimum Gasteiger partial charge on any atom is -0.491 e. The van der Waals surface area contributed by atoms with Crippen LogP contribution in [0.2, 0.25) is 0 Å². The zero-order valence-corrected chi connectivity index (χ0v) is 12.3. The molecule has 0 bridgehead atoms. The Labute approximate surface area is 121 Å². The number of benzene rings is 1. The molecule has 20 heavy (non-hydrogen) atoms. The smallest absolute Gasteiger partial charge is 0.119 e. The Morgan fingerprint density at radius 1 is 1.40 bits per heavy atom. The first-order valence-electron chi connectivity index (χ1n) is 7.60. The normalized spacial score (nSPS) is 21.0. The fourth-order valence-corrected chi connectivity index (χ4v) is 2.73. The summed E-state index contributed by atoms with van der Waals surface area (Å²) in [6, 6.07) is 10.2. The van der Waals surface area contributed by atoms with Gasteiger partial charge in [-0.15, -0.1) is 0 Å². The van der Waals surface area contributed by atoms with Crippen LogP contribution in [0.25, 0.3) is 0 Å². The highest BCUT2D eigenvalue weighted by molar-refractivity contribution is 5.20. The second-order valence-corrected chi connectivity index (χ2v) is 5.36. The third kappa shape index (κ3) is 4.78. The van der Waals surface area contributed by atoms with Gasteiger partial charge in [0.25, 0.3) is 0 Å². The molecule has 1 aromatic carbocycles. The Hall–Kier alpha value is -1.10. The lowest BCUT2D eigenvalue weighted by Gasteiger charge is -2.23. The molecule has 0 aromatic heterocycles. The molecule has 1 saturated heterocycles. The van der Waals surface area contributed by atoms with Gasteiger partial charge in [0.2, 0.25) is 0 Å². The van der Waals surface area contributed by atoms with Crippen LogP contribution in [0.4, 0.5) is 0 Å². The van der Waals surface area contributed by atoms with Gasteiger partial charge in [0.1, 0.15) is 18.5 Å². The molecule has 1 aliphatic rings. The maximum Gasteiger partial charge on any atom is 0.119 e. The van der Waals surface area contributed by atoms with Gasteiger partial charge < -0.3 is 15.2 Å². The van der Waals surface area contributed by atoms with E-state index in [0.717, 1.165) is 18.8 Å². The standard InChI is InChI=1S/C16H26N2O2/c1-2-18-10-6-7-14(18)11-17-12-15(19)13-20-16-8-4-3-5-9-16/h3-5,8-9,14-15,17,19H,2,6-7,10-13H2,1H3/t14-,15-/m0/s1. The van der Waals surface area contributed by atoms with Crippen LogP contribution in [0, 0.1) is 0 Å². The van der Waals surface area contributed by atoms with Crippen molar-refractivity contribution in [2.45, 2.75) is 31.9 Å². The van der Waals surface area contributed by atoms with Crippen LogP contribution in [0.1, 0.15) is 19.8 Å². The average molecular weight is 278 g/mol. The van der Waals surface area contributed by atoms with Crippen molar-refractivity contribution >= 4 is 0 Å². The van der Waals surface area contributed by atoms with Crippen molar-refractivity contribution in [2.75, 3.05) is 32.8 Å². The quantitative estimate of drug-likeness (QED) is 0.756. The fourth-order valence-electron chi connectivity index (χ4n) is 2.73. The van der Waals surface area contributed by atoms with E-state index >= 15 is 0 Å². The number of aliphatic hydroxyl groups is 1. The highest BCUT2D eigenvalue weighted by Gasteiger charge is 2.22. The third-order valence-corrected chi connectivity index (χ3v) is 3.85. The Kier molecular flexibility index (Phi) is 6.30. The number of para-hydroxylation sites is 1. The maximum absolute atomic E-state index is 9.91. The van der Waals surface area contributed by atoms with Gasteiger partial charge in [0.05, 0.1) is 0 Å². The van der Waals surface area contributed by atoms with Gasteiger partial charge in [-0.25, -0.2) is 0 Å². The minimum absolute atomic E-state index is 0.333. The lowest BCUT2D eigenvalue weighted by atomic mass is 10.2. The van der Waals surface area contributed by atoms with Gasteiger partial charge in [0.15, 0.2) is 0 Å². The molecular formula is C16H26N2O2. The van der Waals surface area contributed by atoms with Gasteiger partial charge in [-0.05, 0) is 38.1 Å². The van der Waals surface area contributed by atoms with E-state index in [1.54, 1.807) is 0 Å². The number of ether oxygens (including phenoxy) is 1. The molecule has 1 aromatic rings. The molecule has 1 fully saturated rings. The van der Waals surface area contributed by atoms with Crippen LogP contribution in [-0.2, 0) is 0 Å². The van der Waals surface area contributed by atoms with Crippen molar-refractivity contribution in [1.82, 2.24) is 10.2 Å². The summed E-state index contributed by atoms with van der Waals surface area (Å²) in [7, 11) is 0. The van der Waals surface area contributed by atoms with Crippen molar-refractivity contribution < 1.29 is 9.84 Å². The zero-order valence-electron chi connectivity index (χ0n) is 12.3. The van der Waals surface area contributed by atoms with Crippen LogP contribution in [0.5, 0.6) is 5.75 Å². The topological polar surface area (TPSA) is 44.7 Å². The molecule has 2 atom stereocenters. The third-order valence-electron chi connectivity index (χ3n) is 3.85. The first-order valence-corrected chi connectivity index (χ1v) is 7.60. The molecule has 0 saturated carbocycles. The SMILES string of the molecule is CCN1CCC[C@H]1CNC[C@H](O)COc1ccccc1. The van der Waals surface area contributed by atoms with Crippen LogP contribution < -0.4 is 10.1 Å². The van der Waals surface area contributed by atoms with Gasteiger partial charge >= 0.3 is 0 Å². The minimum atomic E-state index is -0.466. The summed E-state index contributed by atoms with van der Waals surface area (Å²) in [6.07, 6.45) is 2.09. The lowest BCUT2D eigenvalue weighted by Crippen LogP contribution is -2.41. The first kappa shape index (κ1) is 15.3. The number of aliphatic hydroxyl groups excluding tert-OH is 1. The second-order valence-electron chi connectivity index (χ2n) is 5.36. The number of nitrogens with zero attached hydrogens (tertiary/aromatic N) is 1. The van der Waals surface area contributed by atoms with Crippen LogP contribution in [-0.4, -0.2) is 54.9 Å². The Morgan fingerprint density at radius 3 is 2.95 bits per heavy atom. The molecule has 0 amide bonds. The van der Waals surface area contributed by atoms with Crippen molar-refractivity contribution in [3.63, 3.8) is 0 Å². The molecule has 4 nitrogen and oxygen atoms in total. The summed E-state index contributed by atoms with van der Waals surface area (Å²) in [5.41, 5.74) is 0. The molecule has 1 heterocycles. The van der Waals surface area contributed by atoms with E-state index in [1.165, 1.54) is 19.4 Å². The molecule has 112 valence electrons. The van der Waals surface area contributed by atoms with Crippen LogP contribution in [0.3, 0.4) is 0 Å². The van der Waals surface area contributed by atoms with Gasteiger partial charge in [-0.1, -0.05) is 25.1 Å². The Morgan fingerprint density at radius 2 is 2.20 bits per heavy atom. The first-order chi connectivity index (χ1) is 9.79. The van der Waals surface area contributed by atoms with E-state index in [-0.39, 0.29) is 0 Å². The number of nitrogens with one attached hydrogen (secondary N) is 1. The summed E-state index contributed by atoms with van der Waals surface area (Å²) in [5, 5.41) is 13.3. The van der Waals surface area contributed by atoms with Crippen LogP contribution in [0.15, 0.2) is 30.3 Å². The zero-order chi connectivity index (χ0) is 14.2. The Balaban J connectivity index is 1.59. The summed E-state index contributed by atoms with van der Waals surface area (Å²) >= 11 is 0. The summed E-state index contributed by atoms with van der Waals surface area (Å²) in [6.45, 7) is 6.41. The molecule has 2 N–H and O–H groups in total. The predicted octanol–water partition coefficient (Wildman–Crippen LogP) is 1.50. The van der Waals surface area contributed by atoms with Crippen molar-refractivity contribution in [3.8, 4) is 5.75 Å². The molecule has 0 aliphatic carbocycles. The number of hydrogen-bond acceptors (Lipinski definition) is 4. The molecule has 2 rings (SSSR count). The van der Waals surface area contributed by atoms with Crippen molar-refractivity contribution in [1.29, 1.82) is 0 Å². The highest BCUT2D eigenvalue weighted by Crippen LogP contribution is 2.15. The average Bonchev–Trinajstić information content (AvgIpc) is 2.94. The van der Waals surface area contributed by atoms with E-state index < -0.39 is 6.10 Å². The number of likely N-dealkylation sites (tertiary alicyclic amines) is 1. The van der Waals surface area contributed by atoms with E-state index in [0.29, 0.717) is 19.2 Å². The summed E-state index contributed by atoms with van der Waals surface area (Å²) in [5.74, 6) is 0.805. The molecule has 0 spiro atoms. The predicted molar refractivity (Wildman–Crippen MR) is 81.1 cm³/mol. The number of likely N-dealkylation sites (N-methyl/N-ethyl adjacent to an activating group) is 1. The van der Waals surface area contributed by atoms with Gasteiger partial charge in [-0.2, -0.15) is 0 Å². The molecule has 0 unspecified atom stereocenters. The largest absolute Gasteiger partial charge is 0.491 e. The van der Waals surface area contributed by atoms with Crippen molar-refractivity contribution in [2.24, 2.45) is 0 Å². The highest BCUT2D eigenvalue weighted by atomic mass is 16.5. The Bertz CT molecular complexity index is 372. The maximum atomic E-state index is 9.91. The second kappa shape index (κ2) is 8.25. The molecule has 1 aliphatic heterocycles. The lowest BCUT2D eigenvalue weighted by molar-refractivity contribution is 0.104. The molecular weight excluding hydrogens is 252 g/mol. The number of hydrogen-bond donors (Lipinski definition) is 2. The van der Waals surface area contributed by atoms with Gasteiger partial charge in [-0.3, -0.25) is 4.90 Å². The van der Waals surface area contributed by atoms with Crippen LogP contribution >= 0.6 is 0 Å². The summed E-state index contributed by atoms with van der Waals surface area (Å²) < 4.78 is 5.53. The van der Waals surface area contributed by atoms with Crippen molar-refractivity contribution in [3.05, 3.63) is 30.3 Å². The molecule has 4 heteroatoms. The van der Waals surface area contributed by atoms with E-state index in [4.69, 9.17) is 4.74 Å². The molecule has 0 radical (unpaired) electrons. The monoisotopic (exact) mass is 278 g/mol. The number of rotatable bonds is 8. The van der Waals surface area contributed by atoms with Gasteiger partial charge in [0, 0.05) is 19.1 Å². The van der Waals surface area contributed by atoms with E-state index in [1.807, 2.05) is 30.3 Å².